The zero-order valence-corrected chi connectivity index (χ0v) is 10.3. The van der Waals surface area contributed by atoms with E-state index in [1.807, 2.05) is 31.2 Å². The summed E-state index contributed by atoms with van der Waals surface area (Å²) in [5.74, 6) is 0.371. The molecule has 86 valence electrons. The smallest absolute Gasteiger partial charge is 0.168 e. The molecule has 1 fully saturated rings. The Morgan fingerprint density at radius 1 is 1.31 bits per heavy atom. The average molecular weight is 216 g/mol. The minimum atomic E-state index is -0.0478. The monoisotopic (exact) mass is 216 g/mol. The fourth-order valence-electron chi connectivity index (χ4n) is 2.89. The van der Waals surface area contributed by atoms with Crippen LogP contribution in [0.15, 0.2) is 24.3 Å². The lowest BCUT2D eigenvalue weighted by Gasteiger charge is -2.25. The van der Waals surface area contributed by atoms with Gasteiger partial charge in [0, 0.05) is 11.0 Å². The van der Waals surface area contributed by atoms with Crippen LogP contribution in [0.25, 0.3) is 0 Å². The van der Waals surface area contributed by atoms with E-state index in [2.05, 4.69) is 6.92 Å². The molecule has 0 spiro atoms. The van der Waals surface area contributed by atoms with E-state index >= 15 is 0 Å². The van der Waals surface area contributed by atoms with Crippen LogP contribution in [0.4, 0.5) is 0 Å². The number of ketones is 1. The quantitative estimate of drug-likeness (QED) is 0.694. The Hall–Kier alpha value is -1.11. The lowest BCUT2D eigenvalue weighted by Crippen LogP contribution is -2.27. The number of carbonyl (C=O) groups is 1. The Morgan fingerprint density at radius 2 is 2.00 bits per heavy atom. The molecule has 1 aromatic rings. The molecule has 1 heteroatoms. The summed E-state index contributed by atoms with van der Waals surface area (Å²) in [4.78, 5) is 12.6. The van der Waals surface area contributed by atoms with Gasteiger partial charge in [0.1, 0.15) is 0 Å². The van der Waals surface area contributed by atoms with Crippen molar-refractivity contribution >= 4 is 5.78 Å². The van der Waals surface area contributed by atoms with Crippen LogP contribution in [-0.2, 0) is 0 Å². The average Bonchev–Trinajstić information content (AvgIpc) is 2.78. The molecule has 1 saturated carbocycles. The van der Waals surface area contributed by atoms with Crippen molar-refractivity contribution in [3.63, 3.8) is 0 Å². The van der Waals surface area contributed by atoms with E-state index in [-0.39, 0.29) is 5.41 Å². The molecule has 0 radical (unpaired) electrons. The van der Waals surface area contributed by atoms with Gasteiger partial charge in [0.05, 0.1) is 0 Å². The first-order valence-electron chi connectivity index (χ1n) is 6.29. The van der Waals surface area contributed by atoms with E-state index in [1.54, 1.807) is 0 Å². The van der Waals surface area contributed by atoms with Crippen LogP contribution < -0.4 is 0 Å². The van der Waals surface area contributed by atoms with Gasteiger partial charge >= 0.3 is 0 Å². The maximum atomic E-state index is 12.6. The first kappa shape index (κ1) is 11.4. The molecule has 1 aromatic carbocycles. The van der Waals surface area contributed by atoms with E-state index in [0.717, 1.165) is 24.8 Å². The number of Topliss-reactive ketones (excluding diaryl/α,β-unsaturated/α-hetero) is 1. The minimum Gasteiger partial charge on any atom is -0.294 e. The van der Waals surface area contributed by atoms with Crippen LogP contribution >= 0.6 is 0 Å². The second-order valence-electron chi connectivity index (χ2n) is 5.04. The molecule has 1 aliphatic rings. The van der Waals surface area contributed by atoms with Crippen molar-refractivity contribution in [2.24, 2.45) is 5.41 Å². The third-order valence-electron chi connectivity index (χ3n) is 4.00. The van der Waals surface area contributed by atoms with Gasteiger partial charge in [0.15, 0.2) is 5.78 Å². The predicted molar refractivity (Wildman–Crippen MR) is 66.7 cm³/mol. The van der Waals surface area contributed by atoms with Crippen LogP contribution in [0.3, 0.4) is 0 Å². The number of benzene rings is 1. The molecule has 0 aliphatic heterocycles. The number of carbonyl (C=O) groups excluding carboxylic acids is 1. The molecule has 0 saturated heterocycles. The zero-order valence-electron chi connectivity index (χ0n) is 10.3. The van der Waals surface area contributed by atoms with Crippen molar-refractivity contribution in [3.05, 3.63) is 35.4 Å². The molecular weight excluding hydrogens is 196 g/mol. The van der Waals surface area contributed by atoms with Gasteiger partial charge in [0.2, 0.25) is 0 Å². The molecule has 0 atom stereocenters. The largest absolute Gasteiger partial charge is 0.294 e. The topological polar surface area (TPSA) is 17.1 Å². The van der Waals surface area contributed by atoms with E-state index in [0.29, 0.717) is 5.78 Å². The van der Waals surface area contributed by atoms with E-state index < -0.39 is 0 Å². The van der Waals surface area contributed by atoms with Crippen molar-refractivity contribution < 1.29 is 4.79 Å². The molecule has 1 nitrogen and oxygen atoms in total. The first-order chi connectivity index (χ1) is 7.68. The normalized spacial score (nSPS) is 18.6. The standard InChI is InChI=1S/C15H20O/c1-3-15(9-4-5-10-15)14(16)13-8-6-7-12(2)11-13/h6-8,11H,3-5,9-10H2,1-2H3. The lowest BCUT2D eigenvalue weighted by molar-refractivity contribution is 0.0791. The molecule has 0 amide bonds. The molecular formula is C15H20O. The summed E-state index contributed by atoms with van der Waals surface area (Å²) in [5.41, 5.74) is 2.03. The number of aryl methyl sites for hydroxylation is 1. The Labute approximate surface area is 97.9 Å². The van der Waals surface area contributed by atoms with Gasteiger partial charge in [-0.3, -0.25) is 4.79 Å². The number of rotatable bonds is 3. The lowest BCUT2D eigenvalue weighted by atomic mass is 9.76. The van der Waals surface area contributed by atoms with Gasteiger partial charge in [-0.15, -0.1) is 0 Å². The number of hydrogen-bond acceptors (Lipinski definition) is 1. The minimum absolute atomic E-state index is 0.0478. The maximum absolute atomic E-state index is 12.6. The van der Waals surface area contributed by atoms with Crippen molar-refractivity contribution in [2.45, 2.75) is 46.0 Å². The van der Waals surface area contributed by atoms with E-state index in [9.17, 15) is 4.79 Å². The molecule has 16 heavy (non-hydrogen) atoms. The van der Waals surface area contributed by atoms with Crippen LogP contribution in [0.1, 0.15) is 54.9 Å². The van der Waals surface area contributed by atoms with E-state index in [4.69, 9.17) is 0 Å². The summed E-state index contributed by atoms with van der Waals surface area (Å²) in [5, 5.41) is 0. The van der Waals surface area contributed by atoms with Crippen LogP contribution in [0.5, 0.6) is 0 Å². The van der Waals surface area contributed by atoms with Gasteiger partial charge < -0.3 is 0 Å². The molecule has 0 bridgehead atoms. The van der Waals surface area contributed by atoms with Crippen molar-refractivity contribution in [3.8, 4) is 0 Å². The Bertz CT molecular complexity index is 386. The fraction of sp³-hybridized carbons (Fsp3) is 0.533. The van der Waals surface area contributed by atoms with Crippen molar-refractivity contribution in [1.82, 2.24) is 0 Å². The maximum Gasteiger partial charge on any atom is 0.168 e. The fourth-order valence-corrected chi connectivity index (χ4v) is 2.89. The van der Waals surface area contributed by atoms with Crippen LogP contribution in [0.2, 0.25) is 0 Å². The Kier molecular flexibility index (Phi) is 3.13. The van der Waals surface area contributed by atoms with Gasteiger partial charge in [-0.2, -0.15) is 0 Å². The third kappa shape index (κ3) is 1.91. The summed E-state index contributed by atoms with van der Waals surface area (Å²) in [6.45, 7) is 4.20. The highest BCUT2D eigenvalue weighted by Gasteiger charge is 2.39. The second kappa shape index (κ2) is 4.40. The highest BCUT2D eigenvalue weighted by Crippen LogP contribution is 2.43. The summed E-state index contributed by atoms with van der Waals surface area (Å²) in [7, 11) is 0. The van der Waals surface area contributed by atoms with Gasteiger partial charge in [-0.05, 0) is 32.3 Å². The van der Waals surface area contributed by atoms with Crippen LogP contribution in [0, 0.1) is 12.3 Å². The summed E-state index contributed by atoms with van der Waals surface area (Å²) in [6, 6.07) is 8.02. The Morgan fingerprint density at radius 3 is 2.56 bits per heavy atom. The highest BCUT2D eigenvalue weighted by molar-refractivity contribution is 6.00. The SMILES string of the molecule is CCC1(C(=O)c2cccc(C)c2)CCCC1. The van der Waals surface area contributed by atoms with Gasteiger partial charge in [0.25, 0.3) is 0 Å². The third-order valence-corrected chi connectivity index (χ3v) is 4.00. The summed E-state index contributed by atoms with van der Waals surface area (Å²) >= 11 is 0. The highest BCUT2D eigenvalue weighted by atomic mass is 16.1. The number of hydrogen-bond donors (Lipinski definition) is 0. The molecule has 0 unspecified atom stereocenters. The molecule has 0 N–H and O–H groups in total. The second-order valence-corrected chi connectivity index (χ2v) is 5.04. The summed E-state index contributed by atoms with van der Waals surface area (Å²) in [6.07, 6.45) is 5.57. The zero-order chi connectivity index (χ0) is 11.6. The first-order valence-corrected chi connectivity index (χ1v) is 6.29. The molecule has 0 aromatic heterocycles. The predicted octanol–water partition coefficient (Wildman–Crippen LogP) is 4.15. The van der Waals surface area contributed by atoms with Crippen molar-refractivity contribution in [1.29, 1.82) is 0 Å². The summed E-state index contributed by atoms with van der Waals surface area (Å²) < 4.78 is 0. The van der Waals surface area contributed by atoms with Crippen molar-refractivity contribution in [2.75, 3.05) is 0 Å². The van der Waals surface area contributed by atoms with E-state index in [1.165, 1.54) is 18.4 Å². The van der Waals surface area contributed by atoms with Crippen LogP contribution in [-0.4, -0.2) is 5.78 Å². The molecule has 0 heterocycles. The van der Waals surface area contributed by atoms with Gasteiger partial charge in [-0.25, -0.2) is 0 Å². The molecule has 1 aliphatic carbocycles. The Balaban J connectivity index is 2.30. The van der Waals surface area contributed by atoms with Gasteiger partial charge in [-0.1, -0.05) is 43.5 Å². The molecule has 2 rings (SSSR count).